The molecule has 0 radical (unpaired) electrons. The highest BCUT2D eigenvalue weighted by atomic mass is 32.2. The van der Waals surface area contributed by atoms with Crippen molar-refractivity contribution < 1.29 is 19.1 Å². The van der Waals surface area contributed by atoms with Gasteiger partial charge < -0.3 is 20.1 Å². The lowest BCUT2D eigenvalue weighted by molar-refractivity contribution is -0.152. The van der Waals surface area contributed by atoms with Crippen LogP contribution in [0.2, 0.25) is 0 Å². The van der Waals surface area contributed by atoms with Crippen molar-refractivity contribution in [3.05, 3.63) is 35.9 Å². The van der Waals surface area contributed by atoms with Crippen molar-refractivity contribution in [1.29, 1.82) is 0 Å². The highest BCUT2D eigenvalue weighted by Crippen LogP contribution is 2.16. The molecule has 1 amide bonds. The Morgan fingerprint density at radius 1 is 1.28 bits per heavy atom. The molecule has 1 fully saturated rings. The lowest BCUT2D eigenvalue weighted by Gasteiger charge is -2.31. The van der Waals surface area contributed by atoms with Gasteiger partial charge in [0, 0.05) is 25.9 Å². The van der Waals surface area contributed by atoms with Gasteiger partial charge >= 0.3 is 12.1 Å². The predicted molar refractivity (Wildman–Crippen MR) is 98.3 cm³/mol. The number of thioether (sulfide) groups is 1. The van der Waals surface area contributed by atoms with Crippen LogP contribution in [0.1, 0.15) is 24.8 Å². The molecule has 0 saturated carbocycles. The molecule has 1 aromatic carbocycles. The van der Waals surface area contributed by atoms with Gasteiger partial charge in [-0.25, -0.2) is 4.79 Å². The van der Waals surface area contributed by atoms with E-state index in [4.69, 9.17) is 15.2 Å². The van der Waals surface area contributed by atoms with Gasteiger partial charge in [-0.2, -0.15) is 11.8 Å². The largest absolute Gasteiger partial charge is 0.461 e. The van der Waals surface area contributed by atoms with E-state index in [1.807, 2.05) is 36.6 Å². The number of nitrogens with zero attached hydrogens (tertiary/aromatic N) is 1. The van der Waals surface area contributed by atoms with Crippen molar-refractivity contribution in [3.63, 3.8) is 0 Å². The summed E-state index contributed by atoms with van der Waals surface area (Å²) < 4.78 is 10.8. The van der Waals surface area contributed by atoms with Crippen LogP contribution >= 0.6 is 11.8 Å². The molecule has 138 valence electrons. The minimum Gasteiger partial charge on any atom is -0.461 e. The molecule has 0 spiro atoms. The quantitative estimate of drug-likeness (QED) is 0.746. The summed E-state index contributed by atoms with van der Waals surface area (Å²) in [4.78, 5) is 25.7. The van der Waals surface area contributed by atoms with Crippen molar-refractivity contribution in [2.24, 2.45) is 5.73 Å². The number of esters is 1. The van der Waals surface area contributed by atoms with Gasteiger partial charge in [0.25, 0.3) is 0 Å². The van der Waals surface area contributed by atoms with E-state index in [-0.39, 0.29) is 24.8 Å². The van der Waals surface area contributed by atoms with Crippen molar-refractivity contribution in [3.8, 4) is 0 Å². The number of piperidine rings is 1. The zero-order valence-electron chi connectivity index (χ0n) is 14.6. The minimum absolute atomic E-state index is 0.175. The maximum Gasteiger partial charge on any atom is 0.410 e. The molecule has 1 saturated heterocycles. The summed E-state index contributed by atoms with van der Waals surface area (Å²) in [5, 5.41) is 0. The standard InChI is InChI=1S/C18H26N2O4S/c1-25-12-9-16(19)17(21)24-15-7-10-20(11-8-15)18(22)23-13-14-5-3-2-4-6-14/h2-6,15-16H,7-13,19H2,1H3. The fourth-order valence-corrected chi connectivity index (χ4v) is 3.07. The van der Waals surface area contributed by atoms with Crippen molar-refractivity contribution in [1.82, 2.24) is 4.90 Å². The van der Waals surface area contributed by atoms with Gasteiger partial charge in [0.15, 0.2) is 0 Å². The Morgan fingerprint density at radius 2 is 1.96 bits per heavy atom. The number of nitrogens with two attached hydrogens (primary N) is 1. The topological polar surface area (TPSA) is 81.9 Å². The molecule has 1 unspecified atom stereocenters. The molecule has 1 heterocycles. The van der Waals surface area contributed by atoms with Crippen LogP contribution in [0.5, 0.6) is 0 Å². The van der Waals surface area contributed by atoms with Crippen LogP contribution in [0.25, 0.3) is 0 Å². The number of ether oxygens (including phenoxy) is 2. The van der Waals surface area contributed by atoms with Crippen LogP contribution in [0.15, 0.2) is 30.3 Å². The molecule has 0 bridgehead atoms. The fourth-order valence-electron chi connectivity index (χ4n) is 2.58. The lowest BCUT2D eigenvalue weighted by Crippen LogP contribution is -2.43. The summed E-state index contributed by atoms with van der Waals surface area (Å²) >= 11 is 1.65. The Balaban J connectivity index is 1.68. The normalized spacial score (nSPS) is 16.3. The van der Waals surface area contributed by atoms with Gasteiger partial charge in [0.1, 0.15) is 18.8 Å². The highest BCUT2D eigenvalue weighted by molar-refractivity contribution is 7.98. The van der Waals surface area contributed by atoms with Crippen LogP contribution in [0.4, 0.5) is 4.79 Å². The number of amides is 1. The van der Waals surface area contributed by atoms with Crippen LogP contribution in [0, 0.1) is 0 Å². The van der Waals surface area contributed by atoms with E-state index in [9.17, 15) is 9.59 Å². The molecule has 6 nitrogen and oxygen atoms in total. The van der Waals surface area contributed by atoms with E-state index in [2.05, 4.69) is 0 Å². The molecule has 7 heteroatoms. The molecule has 0 aromatic heterocycles. The fraction of sp³-hybridized carbons (Fsp3) is 0.556. The van der Waals surface area contributed by atoms with Crippen LogP contribution in [-0.2, 0) is 20.9 Å². The number of hydrogen-bond donors (Lipinski definition) is 1. The predicted octanol–water partition coefficient (Wildman–Crippen LogP) is 2.41. The third kappa shape index (κ3) is 6.59. The Hall–Kier alpha value is -1.73. The van der Waals surface area contributed by atoms with Crippen molar-refractivity contribution >= 4 is 23.8 Å². The van der Waals surface area contributed by atoms with Gasteiger partial charge in [-0.15, -0.1) is 0 Å². The Bertz CT molecular complexity index is 547. The summed E-state index contributed by atoms with van der Waals surface area (Å²) in [6, 6.07) is 9.00. The number of likely N-dealkylation sites (tertiary alicyclic amines) is 1. The monoisotopic (exact) mass is 366 g/mol. The summed E-state index contributed by atoms with van der Waals surface area (Å²) in [5.74, 6) is 0.487. The van der Waals surface area contributed by atoms with Gasteiger partial charge in [0.2, 0.25) is 0 Å². The van der Waals surface area contributed by atoms with Crippen molar-refractivity contribution in [2.75, 3.05) is 25.1 Å². The molecule has 1 atom stereocenters. The molecule has 0 aliphatic carbocycles. The number of carbonyl (C=O) groups excluding carboxylic acids is 2. The van der Waals surface area contributed by atoms with Gasteiger partial charge in [0.05, 0.1) is 0 Å². The van der Waals surface area contributed by atoms with Gasteiger partial charge in [-0.3, -0.25) is 4.79 Å². The van der Waals surface area contributed by atoms with E-state index >= 15 is 0 Å². The summed E-state index contributed by atoms with van der Waals surface area (Å²) in [7, 11) is 0. The van der Waals surface area contributed by atoms with E-state index in [0.29, 0.717) is 32.4 Å². The zero-order chi connectivity index (χ0) is 18.1. The molecule has 2 N–H and O–H groups in total. The van der Waals surface area contributed by atoms with Crippen LogP contribution in [0.3, 0.4) is 0 Å². The second kappa shape index (κ2) is 10.3. The maximum atomic E-state index is 12.1. The number of benzene rings is 1. The first-order chi connectivity index (χ1) is 12.1. The molecule has 1 aliphatic heterocycles. The number of hydrogen-bond acceptors (Lipinski definition) is 6. The average molecular weight is 366 g/mol. The second-order valence-corrected chi connectivity index (χ2v) is 7.04. The van der Waals surface area contributed by atoms with E-state index in [0.717, 1.165) is 11.3 Å². The highest BCUT2D eigenvalue weighted by Gasteiger charge is 2.27. The first kappa shape index (κ1) is 19.6. The van der Waals surface area contributed by atoms with E-state index < -0.39 is 6.04 Å². The van der Waals surface area contributed by atoms with E-state index in [1.54, 1.807) is 16.7 Å². The van der Waals surface area contributed by atoms with Gasteiger partial charge in [-0.1, -0.05) is 30.3 Å². The first-order valence-electron chi connectivity index (χ1n) is 8.50. The molecule has 2 rings (SSSR count). The molecule has 25 heavy (non-hydrogen) atoms. The second-order valence-electron chi connectivity index (χ2n) is 6.05. The van der Waals surface area contributed by atoms with Gasteiger partial charge in [-0.05, 0) is 24.0 Å². The van der Waals surface area contributed by atoms with Crippen LogP contribution in [-0.4, -0.2) is 54.2 Å². The SMILES string of the molecule is CSCCC(N)C(=O)OC1CCN(C(=O)OCc2ccccc2)CC1. The molecule has 1 aliphatic rings. The third-order valence-electron chi connectivity index (χ3n) is 4.12. The number of carbonyl (C=O) groups is 2. The average Bonchev–Trinajstić information content (AvgIpc) is 2.65. The molecular weight excluding hydrogens is 340 g/mol. The molecular formula is C18H26N2O4S. The lowest BCUT2D eigenvalue weighted by atomic mass is 10.1. The van der Waals surface area contributed by atoms with Crippen molar-refractivity contribution in [2.45, 2.75) is 38.0 Å². The minimum atomic E-state index is -0.568. The summed E-state index contributed by atoms with van der Waals surface area (Å²) in [5.41, 5.74) is 6.78. The summed E-state index contributed by atoms with van der Waals surface area (Å²) in [6.45, 7) is 1.30. The maximum absolute atomic E-state index is 12.1. The van der Waals surface area contributed by atoms with E-state index in [1.165, 1.54) is 0 Å². The Labute approximate surface area is 153 Å². The Kier molecular flexibility index (Phi) is 8.08. The third-order valence-corrected chi connectivity index (χ3v) is 4.77. The first-order valence-corrected chi connectivity index (χ1v) is 9.90. The smallest absolute Gasteiger partial charge is 0.410 e. The molecule has 1 aromatic rings. The number of rotatable bonds is 7. The zero-order valence-corrected chi connectivity index (χ0v) is 15.4. The van der Waals surface area contributed by atoms with Crippen LogP contribution < -0.4 is 5.73 Å². The summed E-state index contributed by atoms with van der Waals surface area (Å²) in [6.07, 6.45) is 3.31. The Morgan fingerprint density at radius 3 is 2.60 bits per heavy atom.